The van der Waals surface area contributed by atoms with Gasteiger partial charge >= 0.3 is 23.9 Å². The molecular formula is C35H44O13. The Kier molecular flexibility index (Phi) is 9.19. The molecular weight excluding hydrogens is 628 g/mol. The van der Waals surface area contributed by atoms with Crippen LogP contribution in [0.5, 0.6) is 0 Å². The fraction of sp³-hybridized carbons (Fsp3) is 0.629. The third-order valence-corrected chi connectivity index (χ3v) is 11.6. The van der Waals surface area contributed by atoms with Gasteiger partial charge < -0.3 is 38.3 Å². The van der Waals surface area contributed by atoms with Crippen molar-refractivity contribution < 1.29 is 62.3 Å². The van der Waals surface area contributed by atoms with Crippen molar-refractivity contribution in [1.82, 2.24) is 0 Å². The molecule has 5 rings (SSSR count). The van der Waals surface area contributed by atoms with Gasteiger partial charge in [-0.25, -0.2) is 9.59 Å². The molecule has 48 heavy (non-hydrogen) atoms. The summed E-state index contributed by atoms with van der Waals surface area (Å²) in [6.07, 6.45) is 0.145. The minimum absolute atomic E-state index is 0.0231. The summed E-state index contributed by atoms with van der Waals surface area (Å²) in [6.45, 7) is 13.9. The van der Waals surface area contributed by atoms with Crippen molar-refractivity contribution in [1.29, 1.82) is 0 Å². The van der Waals surface area contributed by atoms with E-state index in [0.29, 0.717) is 12.0 Å². The lowest BCUT2D eigenvalue weighted by Crippen LogP contribution is -2.71. The number of ether oxygens (including phenoxy) is 5. The van der Waals surface area contributed by atoms with E-state index in [0.717, 1.165) is 0 Å². The highest BCUT2D eigenvalue weighted by Crippen LogP contribution is 2.69. The Balaban J connectivity index is 1.79. The molecule has 3 fully saturated rings. The van der Waals surface area contributed by atoms with Crippen LogP contribution < -0.4 is 0 Å². The number of aliphatic hydroxyl groups is 2. The normalized spacial score (nSPS) is 40.3. The van der Waals surface area contributed by atoms with Gasteiger partial charge in [0.2, 0.25) is 0 Å². The van der Waals surface area contributed by atoms with Gasteiger partial charge in [0.1, 0.15) is 36.1 Å². The summed E-state index contributed by atoms with van der Waals surface area (Å²) in [6, 6.07) is 1.67. The van der Waals surface area contributed by atoms with Crippen molar-refractivity contribution >= 4 is 30.3 Å². The highest BCUT2D eigenvalue weighted by molar-refractivity contribution is 5.83. The third kappa shape index (κ3) is 5.26. The van der Waals surface area contributed by atoms with E-state index in [-0.39, 0.29) is 31.5 Å². The molecule has 1 aromatic rings. The summed E-state index contributed by atoms with van der Waals surface area (Å²) < 4.78 is 34.4. The largest absolute Gasteiger partial charge is 0.472 e. The molecule has 2 saturated carbocycles. The molecule has 2 unspecified atom stereocenters. The number of cyclic esters (lactones) is 1. The van der Waals surface area contributed by atoms with Crippen molar-refractivity contribution in [2.45, 2.75) is 102 Å². The second-order valence-electron chi connectivity index (χ2n) is 14.2. The maximum absolute atomic E-state index is 13.7. The van der Waals surface area contributed by atoms with Crippen molar-refractivity contribution in [2.24, 2.45) is 28.6 Å². The molecule has 2 aliphatic carbocycles. The molecule has 0 radical (unpaired) electrons. The van der Waals surface area contributed by atoms with E-state index in [4.69, 9.17) is 28.1 Å². The smallest absolute Gasteiger partial charge is 0.335 e. The first-order chi connectivity index (χ1) is 22.5. The van der Waals surface area contributed by atoms with Gasteiger partial charge in [0.15, 0.2) is 6.10 Å². The van der Waals surface area contributed by atoms with Crippen LogP contribution in [0.3, 0.4) is 0 Å². The number of allylic oxidation sites excluding steroid dienone is 1. The number of carbonyl (C=O) groups excluding carboxylic acids is 5. The summed E-state index contributed by atoms with van der Waals surface area (Å²) in [5, 5.41) is 24.2. The van der Waals surface area contributed by atoms with Gasteiger partial charge in [-0.05, 0) is 36.5 Å². The van der Waals surface area contributed by atoms with Gasteiger partial charge in [-0.2, -0.15) is 0 Å². The first-order valence-electron chi connectivity index (χ1n) is 16.2. The van der Waals surface area contributed by atoms with Crippen LogP contribution in [-0.2, 0) is 47.7 Å². The molecule has 0 bridgehead atoms. The number of hydrogen-bond acceptors (Lipinski definition) is 13. The fourth-order valence-electron chi connectivity index (χ4n) is 8.93. The minimum Gasteiger partial charge on any atom is -0.472 e. The molecule has 262 valence electrons. The van der Waals surface area contributed by atoms with Crippen LogP contribution in [0.25, 0.3) is 0 Å². The maximum Gasteiger partial charge on any atom is 0.335 e. The predicted molar refractivity (Wildman–Crippen MR) is 164 cm³/mol. The summed E-state index contributed by atoms with van der Waals surface area (Å²) in [5.41, 5.74) is -5.87. The van der Waals surface area contributed by atoms with E-state index in [2.05, 4.69) is 6.58 Å². The Bertz CT molecular complexity index is 1500. The number of rotatable bonds is 9. The number of esters is 4. The topological polar surface area (TPSA) is 185 Å². The van der Waals surface area contributed by atoms with Gasteiger partial charge in [0.25, 0.3) is 6.47 Å². The van der Waals surface area contributed by atoms with Crippen molar-refractivity contribution in [2.75, 3.05) is 6.61 Å². The van der Waals surface area contributed by atoms with Crippen LogP contribution in [0.15, 0.2) is 47.3 Å². The molecule has 1 saturated heterocycles. The Hall–Kier alpha value is -3.97. The summed E-state index contributed by atoms with van der Waals surface area (Å²) in [5.74, 6) is -6.21. The molecule has 0 spiro atoms. The molecule has 13 nitrogen and oxygen atoms in total. The molecule has 0 aromatic carbocycles. The highest BCUT2D eigenvalue weighted by Gasteiger charge is 2.77. The van der Waals surface area contributed by atoms with E-state index >= 15 is 0 Å². The van der Waals surface area contributed by atoms with E-state index in [9.17, 15) is 34.2 Å². The van der Waals surface area contributed by atoms with Gasteiger partial charge in [-0.3, -0.25) is 14.4 Å². The van der Waals surface area contributed by atoms with Gasteiger partial charge in [0.05, 0.1) is 24.4 Å². The van der Waals surface area contributed by atoms with Crippen LogP contribution in [0.4, 0.5) is 0 Å². The van der Waals surface area contributed by atoms with Gasteiger partial charge in [0, 0.05) is 36.2 Å². The lowest BCUT2D eigenvalue weighted by atomic mass is 9.47. The third-order valence-electron chi connectivity index (χ3n) is 11.6. The minimum atomic E-state index is -2.17. The van der Waals surface area contributed by atoms with Gasteiger partial charge in [-0.15, -0.1) is 0 Å². The Morgan fingerprint density at radius 3 is 2.52 bits per heavy atom. The van der Waals surface area contributed by atoms with Crippen LogP contribution in [-0.4, -0.2) is 82.8 Å². The molecule has 4 aliphatic rings. The van der Waals surface area contributed by atoms with Crippen molar-refractivity contribution in [3.63, 3.8) is 0 Å². The maximum atomic E-state index is 13.7. The Morgan fingerprint density at radius 1 is 1.21 bits per heavy atom. The summed E-state index contributed by atoms with van der Waals surface area (Å²) in [4.78, 5) is 64.4. The SMILES string of the molecule is C=C1[C@@H]([C@@]2(C)C=CC(=O)O[C@]3(C)COC(=O)C[C@H]23)[C@@H](OC=O)[C@H](OC(=O)C(O)C(C)CC)[C@@]2(C)[C@@H](c3ccoc3)C[C@H](OC(C)=O)[C@]12O. The first-order valence-corrected chi connectivity index (χ1v) is 16.2. The highest BCUT2D eigenvalue weighted by atomic mass is 16.6. The number of aliphatic hydroxyl groups excluding tert-OH is 1. The fourth-order valence-corrected chi connectivity index (χ4v) is 8.93. The predicted octanol–water partition coefficient (Wildman–Crippen LogP) is 2.92. The van der Waals surface area contributed by atoms with E-state index in [1.165, 1.54) is 31.6 Å². The zero-order valence-corrected chi connectivity index (χ0v) is 28.0. The zero-order valence-electron chi connectivity index (χ0n) is 28.0. The van der Waals surface area contributed by atoms with Crippen molar-refractivity contribution in [3.8, 4) is 0 Å². The molecule has 0 amide bonds. The Labute approximate surface area is 278 Å². The van der Waals surface area contributed by atoms with E-state index < -0.39 is 94.0 Å². The molecule has 3 heterocycles. The molecule has 2 N–H and O–H groups in total. The monoisotopic (exact) mass is 672 g/mol. The number of fused-ring (bicyclic) bond motifs is 2. The lowest BCUT2D eigenvalue weighted by molar-refractivity contribution is -0.243. The lowest BCUT2D eigenvalue weighted by Gasteiger charge is -2.61. The molecule has 12 atom stereocenters. The van der Waals surface area contributed by atoms with E-state index in [1.807, 2.05) is 0 Å². The second-order valence-corrected chi connectivity index (χ2v) is 14.2. The second kappa shape index (κ2) is 12.5. The Morgan fingerprint density at radius 2 is 1.92 bits per heavy atom. The molecule has 1 aromatic heterocycles. The van der Waals surface area contributed by atoms with Crippen LogP contribution >= 0.6 is 0 Å². The average Bonchev–Trinajstić information content (AvgIpc) is 3.62. The quantitative estimate of drug-likeness (QED) is 0.169. The molecule has 13 heteroatoms. The van der Waals surface area contributed by atoms with Crippen LogP contribution in [0.1, 0.15) is 72.3 Å². The number of carbonyl (C=O) groups is 5. The average molecular weight is 673 g/mol. The summed E-state index contributed by atoms with van der Waals surface area (Å²) in [7, 11) is 0. The van der Waals surface area contributed by atoms with E-state index in [1.54, 1.807) is 40.7 Å². The number of hydrogen-bond donors (Lipinski definition) is 2. The zero-order chi connectivity index (χ0) is 35.4. The van der Waals surface area contributed by atoms with Gasteiger partial charge in [-0.1, -0.05) is 46.8 Å². The first kappa shape index (κ1) is 35.3. The van der Waals surface area contributed by atoms with Crippen molar-refractivity contribution in [3.05, 3.63) is 48.5 Å². The molecule has 2 aliphatic heterocycles. The summed E-state index contributed by atoms with van der Waals surface area (Å²) >= 11 is 0. The van der Waals surface area contributed by atoms with Crippen LogP contribution in [0, 0.1) is 28.6 Å². The van der Waals surface area contributed by atoms with Crippen LogP contribution in [0.2, 0.25) is 0 Å². The number of furan rings is 1. The standard InChI is InChI=1S/C35H44O13/c1-8-18(2)28(40)31(41)47-30-29(45-17-36)27(32(5)11-9-25(38)48-33(6)16-44-26(39)14-23(32)33)19(3)35(42)24(46-20(4)37)13-22(34(30,35)7)21-10-12-43-15-21/h9-12,15,17-18,22-24,27-30,40,42H,3,8,13-14,16H2,1-2,4-7H3/t18?,22-,23-,24+,27-,28?,29-,30+,32+,33-,34-,35-/m1/s1.